The fourth-order valence-electron chi connectivity index (χ4n) is 1.35. The van der Waals surface area contributed by atoms with Crippen LogP contribution < -0.4 is 5.56 Å². The van der Waals surface area contributed by atoms with Crippen molar-refractivity contribution in [3.8, 4) is 0 Å². The Balaban J connectivity index is 2.64. The molecule has 0 spiro atoms. The van der Waals surface area contributed by atoms with Crippen LogP contribution in [0.3, 0.4) is 0 Å². The zero-order valence-electron chi connectivity index (χ0n) is 8.86. The van der Waals surface area contributed by atoms with Crippen molar-refractivity contribution in [3.63, 3.8) is 0 Å². The predicted octanol–water partition coefficient (Wildman–Crippen LogP) is 1.15. The first kappa shape index (κ1) is 11.5. The smallest absolute Gasteiger partial charge is 0.343 e. The lowest BCUT2D eigenvalue weighted by atomic mass is 10.2. The number of nitrogens with one attached hydrogen (secondary N) is 1. The Hall–Kier alpha value is -1.95. The molecule has 17 heavy (non-hydrogen) atoms. The molecule has 0 aliphatic carbocycles. The van der Waals surface area contributed by atoms with E-state index in [4.69, 9.17) is 16.3 Å². The zero-order valence-corrected chi connectivity index (χ0v) is 9.61. The number of aromatic amines is 1. The summed E-state index contributed by atoms with van der Waals surface area (Å²) in [5, 5.41) is 0.127. The second-order valence-corrected chi connectivity index (χ2v) is 3.52. The quantitative estimate of drug-likeness (QED) is 0.641. The number of esters is 1. The molecule has 0 radical (unpaired) electrons. The van der Waals surface area contributed by atoms with Gasteiger partial charge >= 0.3 is 5.97 Å². The van der Waals surface area contributed by atoms with Crippen LogP contribution in [0.2, 0.25) is 5.15 Å². The monoisotopic (exact) mass is 253 g/mol. The van der Waals surface area contributed by atoms with Gasteiger partial charge < -0.3 is 9.72 Å². The Labute approximate surface area is 101 Å². The highest BCUT2D eigenvalue weighted by molar-refractivity contribution is 6.33. The van der Waals surface area contributed by atoms with E-state index in [-0.39, 0.29) is 17.3 Å². The van der Waals surface area contributed by atoms with E-state index in [1.54, 1.807) is 6.92 Å². The van der Waals surface area contributed by atoms with Crippen molar-refractivity contribution in [2.45, 2.75) is 6.92 Å². The number of carbonyl (C=O) groups is 1. The largest absolute Gasteiger partial charge is 0.462 e. The average molecular weight is 254 g/mol. The summed E-state index contributed by atoms with van der Waals surface area (Å²) in [7, 11) is 0. The number of hydrogen-bond acceptors (Lipinski definition) is 5. The summed E-state index contributed by atoms with van der Waals surface area (Å²) in [6.07, 6.45) is 1.25. The van der Waals surface area contributed by atoms with Crippen LogP contribution in [0, 0.1) is 0 Å². The van der Waals surface area contributed by atoms with Crippen molar-refractivity contribution < 1.29 is 9.53 Å². The van der Waals surface area contributed by atoms with Gasteiger partial charge in [-0.3, -0.25) is 4.79 Å². The van der Waals surface area contributed by atoms with Crippen molar-refractivity contribution in [1.82, 2.24) is 15.0 Å². The molecular weight excluding hydrogens is 246 g/mol. The lowest BCUT2D eigenvalue weighted by Crippen LogP contribution is -2.19. The molecule has 0 bridgehead atoms. The van der Waals surface area contributed by atoms with Gasteiger partial charge in [0.25, 0.3) is 5.56 Å². The van der Waals surface area contributed by atoms with Crippen molar-refractivity contribution in [3.05, 3.63) is 33.5 Å². The molecule has 0 fully saturated rings. The van der Waals surface area contributed by atoms with Crippen LogP contribution in [0.15, 0.2) is 17.2 Å². The third-order valence-electron chi connectivity index (χ3n) is 2.09. The Morgan fingerprint density at radius 2 is 2.29 bits per heavy atom. The summed E-state index contributed by atoms with van der Waals surface area (Å²) in [5.74, 6) is -0.689. The van der Waals surface area contributed by atoms with Crippen LogP contribution >= 0.6 is 11.6 Å². The van der Waals surface area contributed by atoms with Crippen molar-refractivity contribution in [1.29, 1.82) is 0 Å². The average Bonchev–Trinajstić information content (AvgIpc) is 2.30. The van der Waals surface area contributed by atoms with Crippen LogP contribution in [0.5, 0.6) is 0 Å². The van der Waals surface area contributed by atoms with Gasteiger partial charge in [0.05, 0.1) is 12.1 Å². The molecule has 6 nitrogen and oxygen atoms in total. The minimum atomic E-state index is -0.689. The standard InChI is InChI=1S/C10H8ClN3O3/c1-2-17-10(16)5-3-6-7(14-9(5)15)8(11)13-4-12-6/h3-4H,2H2,1H3,(H,14,15). The summed E-state index contributed by atoms with van der Waals surface area (Å²) in [6, 6.07) is 1.33. The molecule has 0 aliphatic rings. The lowest BCUT2D eigenvalue weighted by Gasteiger charge is -2.03. The first-order valence-electron chi connectivity index (χ1n) is 4.84. The molecule has 2 aromatic heterocycles. The van der Waals surface area contributed by atoms with E-state index in [1.165, 1.54) is 12.4 Å². The normalized spacial score (nSPS) is 10.5. The molecule has 0 saturated carbocycles. The van der Waals surface area contributed by atoms with E-state index >= 15 is 0 Å². The van der Waals surface area contributed by atoms with Crippen LogP contribution in [0.1, 0.15) is 17.3 Å². The number of ether oxygens (including phenoxy) is 1. The van der Waals surface area contributed by atoms with Crippen LogP contribution in [0.4, 0.5) is 0 Å². The zero-order chi connectivity index (χ0) is 12.4. The van der Waals surface area contributed by atoms with Gasteiger partial charge in [-0.25, -0.2) is 14.8 Å². The van der Waals surface area contributed by atoms with Crippen LogP contribution in [-0.2, 0) is 4.74 Å². The molecule has 2 aromatic rings. The Bertz CT molecular complexity index is 638. The van der Waals surface area contributed by atoms with E-state index < -0.39 is 11.5 Å². The molecule has 0 atom stereocenters. The fraction of sp³-hybridized carbons (Fsp3) is 0.200. The molecule has 0 saturated heterocycles. The summed E-state index contributed by atoms with van der Waals surface area (Å²) >= 11 is 5.78. The third kappa shape index (κ3) is 2.12. The maximum Gasteiger partial charge on any atom is 0.343 e. The molecule has 2 rings (SSSR count). The van der Waals surface area contributed by atoms with Gasteiger partial charge in [-0.1, -0.05) is 11.6 Å². The number of aromatic nitrogens is 3. The second kappa shape index (κ2) is 4.50. The first-order chi connectivity index (χ1) is 8.13. The van der Waals surface area contributed by atoms with Crippen LogP contribution in [-0.4, -0.2) is 27.5 Å². The van der Waals surface area contributed by atoms with Gasteiger partial charge in [0.15, 0.2) is 5.15 Å². The van der Waals surface area contributed by atoms with Crippen molar-refractivity contribution in [2.75, 3.05) is 6.61 Å². The van der Waals surface area contributed by atoms with E-state index in [2.05, 4.69) is 15.0 Å². The summed E-state index contributed by atoms with van der Waals surface area (Å²) < 4.78 is 4.75. The number of halogens is 1. The highest BCUT2D eigenvalue weighted by Crippen LogP contribution is 2.15. The van der Waals surface area contributed by atoms with Gasteiger partial charge in [-0.15, -0.1) is 0 Å². The molecular formula is C10H8ClN3O3. The Kier molecular flexibility index (Phi) is 3.06. The summed E-state index contributed by atoms with van der Waals surface area (Å²) in [6.45, 7) is 1.85. The number of carbonyl (C=O) groups excluding carboxylic acids is 1. The maximum atomic E-state index is 11.6. The van der Waals surface area contributed by atoms with Gasteiger partial charge in [0.1, 0.15) is 17.4 Å². The van der Waals surface area contributed by atoms with Crippen LogP contribution in [0.25, 0.3) is 11.0 Å². The SMILES string of the molecule is CCOC(=O)c1cc2ncnc(Cl)c2[nH]c1=O. The molecule has 7 heteroatoms. The maximum absolute atomic E-state index is 11.6. The van der Waals surface area contributed by atoms with E-state index in [9.17, 15) is 9.59 Å². The number of rotatable bonds is 2. The first-order valence-corrected chi connectivity index (χ1v) is 5.22. The van der Waals surface area contributed by atoms with Crippen molar-refractivity contribution in [2.24, 2.45) is 0 Å². The number of H-pyrrole nitrogens is 1. The third-order valence-corrected chi connectivity index (χ3v) is 2.38. The second-order valence-electron chi connectivity index (χ2n) is 3.16. The lowest BCUT2D eigenvalue weighted by molar-refractivity contribution is 0.0524. The topological polar surface area (TPSA) is 84.9 Å². The van der Waals surface area contributed by atoms with Gasteiger partial charge in [-0.2, -0.15) is 0 Å². The molecule has 1 N–H and O–H groups in total. The molecule has 88 valence electrons. The van der Waals surface area contributed by atoms with Gasteiger partial charge in [0, 0.05) is 0 Å². The highest BCUT2D eigenvalue weighted by atomic mass is 35.5. The molecule has 2 heterocycles. The summed E-state index contributed by atoms with van der Waals surface area (Å²) in [4.78, 5) is 33.2. The molecule has 0 unspecified atom stereocenters. The van der Waals surface area contributed by atoms with Crippen molar-refractivity contribution >= 4 is 28.6 Å². The Morgan fingerprint density at radius 1 is 1.53 bits per heavy atom. The van der Waals surface area contributed by atoms with E-state index in [0.29, 0.717) is 11.0 Å². The number of hydrogen-bond donors (Lipinski definition) is 1. The van der Waals surface area contributed by atoms with E-state index in [0.717, 1.165) is 0 Å². The van der Waals surface area contributed by atoms with E-state index in [1.807, 2.05) is 0 Å². The minimum Gasteiger partial charge on any atom is -0.462 e. The number of nitrogens with zero attached hydrogens (tertiary/aromatic N) is 2. The number of fused-ring (bicyclic) bond motifs is 1. The van der Waals surface area contributed by atoms with Gasteiger partial charge in [-0.05, 0) is 13.0 Å². The fourth-order valence-corrected chi connectivity index (χ4v) is 1.53. The Morgan fingerprint density at radius 3 is 3.00 bits per heavy atom. The van der Waals surface area contributed by atoms with Gasteiger partial charge in [0.2, 0.25) is 0 Å². The molecule has 0 amide bonds. The molecule has 0 aliphatic heterocycles. The highest BCUT2D eigenvalue weighted by Gasteiger charge is 2.14. The number of pyridine rings is 1. The summed E-state index contributed by atoms with van der Waals surface area (Å²) in [5.41, 5.74) is 0.00151. The predicted molar refractivity (Wildman–Crippen MR) is 61.1 cm³/mol. The molecule has 0 aromatic carbocycles. The minimum absolute atomic E-state index is 0.103.